The van der Waals surface area contributed by atoms with E-state index in [9.17, 15) is 9.18 Å². The topological polar surface area (TPSA) is 58.8 Å². The number of ether oxygens (including phenoxy) is 1. The monoisotopic (exact) mass is 437 g/mol. The summed E-state index contributed by atoms with van der Waals surface area (Å²) in [7, 11) is 0. The summed E-state index contributed by atoms with van der Waals surface area (Å²) in [6.07, 6.45) is 0.735. The van der Waals surface area contributed by atoms with Crippen molar-refractivity contribution >= 4 is 11.8 Å². The van der Waals surface area contributed by atoms with Crippen LogP contribution in [0.2, 0.25) is 0 Å². The summed E-state index contributed by atoms with van der Waals surface area (Å²) >= 11 is 0. The van der Waals surface area contributed by atoms with Crippen LogP contribution in [-0.4, -0.2) is 48.3 Å². The van der Waals surface area contributed by atoms with E-state index in [4.69, 9.17) is 9.26 Å². The van der Waals surface area contributed by atoms with Crippen LogP contribution in [0, 0.1) is 5.82 Å². The Morgan fingerprint density at radius 2 is 1.81 bits per heavy atom. The van der Waals surface area contributed by atoms with E-state index in [2.05, 4.69) is 10.1 Å². The van der Waals surface area contributed by atoms with Crippen LogP contribution in [0.5, 0.6) is 0 Å². The number of carbonyl (C=O) groups is 1. The SMILES string of the molecule is CC[C@H](C)N(Cc1c(-c2ccccc2)noc1N1CCOCC1)C(=O)c1ccccc1F. The number of halogens is 1. The molecule has 32 heavy (non-hydrogen) atoms. The first-order valence-corrected chi connectivity index (χ1v) is 11.0. The van der Waals surface area contributed by atoms with Crippen LogP contribution in [0.25, 0.3) is 11.3 Å². The lowest BCUT2D eigenvalue weighted by Gasteiger charge is -2.31. The van der Waals surface area contributed by atoms with Crippen molar-refractivity contribution < 1.29 is 18.4 Å². The molecule has 1 aliphatic rings. The molecule has 0 saturated carbocycles. The molecule has 0 unspecified atom stereocenters. The quantitative estimate of drug-likeness (QED) is 0.534. The molecule has 1 amide bonds. The Hall–Kier alpha value is -3.19. The molecular formula is C25H28FN3O3. The predicted molar refractivity (Wildman–Crippen MR) is 121 cm³/mol. The van der Waals surface area contributed by atoms with Crippen LogP contribution in [-0.2, 0) is 11.3 Å². The number of amides is 1. The highest BCUT2D eigenvalue weighted by molar-refractivity contribution is 5.94. The summed E-state index contributed by atoms with van der Waals surface area (Å²) < 4.78 is 25.8. The number of benzene rings is 2. The number of morpholine rings is 1. The number of nitrogens with zero attached hydrogens (tertiary/aromatic N) is 3. The van der Waals surface area contributed by atoms with Gasteiger partial charge in [0.25, 0.3) is 5.91 Å². The Bertz CT molecular complexity index is 1050. The molecular weight excluding hydrogens is 409 g/mol. The average molecular weight is 438 g/mol. The molecule has 1 saturated heterocycles. The maximum absolute atomic E-state index is 14.5. The fourth-order valence-electron chi connectivity index (χ4n) is 3.89. The summed E-state index contributed by atoms with van der Waals surface area (Å²) in [5.41, 5.74) is 2.50. The summed E-state index contributed by atoms with van der Waals surface area (Å²) in [4.78, 5) is 17.2. The molecule has 0 bridgehead atoms. The van der Waals surface area contributed by atoms with Crippen molar-refractivity contribution in [2.45, 2.75) is 32.9 Å². The standard InChI is InChI=1S/C25H28FN3O3/c1-3-18(2)29(24(30)20-11-7-8-12-22(20)26)17-21-23(19-9-5-4-6-10-19)27-32-25(21)28-13-15-31-16-14-28/h4-12,18H,3,13-17H2,1-2H3/t18-/m0/s1. The van der Waals surface area contributed by atoms with Gasteiger partial charge in [-0.2, -0.15) is 0 Å². The predicted octanol–water partition coefficient (Wildman–Crippen LogP) is 4.76. The Morgan fingerprint density at radius 1 is 1.12 bits per heavy atom. The minimum absolute atomic E-state index is 0.0680. The van der Waals surface area contributed by atoms with Gasteiger partial charge in [0.05, 0.1) is 30.9 Å². The number of aromatic nitrogens is 1. The number of hydrogen-bond acceptors (Lipinski definition) is 5. The molecule has 2 heterocycles. The van der Waals surface area contributed by atoms with Crippen LogP contribution in [0.4, 0.5) is 10.3 Å². The van der Waals surface area contributed by atoms with E-state index in [-0.39, 0.29) is 24.1 Å². The molecule has 0 spiro atoms. The van der Waals surface area contributed by atoms with Gasteiger partial charge >= 0.3 is 0 Å². The Balaban J connectivity index is 1.76. The van der Waals surface area contributed by atoms with Gasteiger partial charge in [0, 0.05) is 24.7 Å². The molecule has 0 aliphatic carbocycles. The first-order chi connectivity index (χ1) is 15.6. The van der Waals surface area contributed by atoms with Crippen molar-refractivity contribution in [3.05, 3.63) is 71.5 Å². The third-order valence-corrected chi connectivity index (χ3v) is 5.93. The number of carbonyl (C=O) groups excluding carboxylic acids is 1. The highest BCUT2D eigenvalue weighted by Gasteiger charge is 2.30. The number of rotatable bonds is 7. The van der Waals surface area contributed by atoms with Crippen molar-refractivity contribution in [1.82, 2.24) is 10.1 Å². The Morgan fingerprint density at radius 3 is 2.50 bits per heavy atom. The maximum Gasteiger partial charge on any atom is 0.257 e. The zero-order valence-corrected chi connectivity index (χ0v) is 18.5. The second-order valence-electron chi connectivity index (χ2n) is 7.95. The molecule has 0 N–H and O–H groups in total. The van der Waals surface area contributed by atoms with Crippen LogP contribution in [0.1, 0.15) is 36.2 Å². The smallest absolute Gasteiger partial charge is 0.257 e. The van der Waals surface area contributed by atoms with Gasteiger partial charge in [-0.05, 0) is 25.5 Å². The lowest BCUT2D eigenvalue weighted by Crippen LogP contribution is -2.40. The van der Waals surface area contributed by atoms with E-state index in [0.29, 0.717) is 37.9 Å². The van der Waals surface area contributed by atoms with Gasteiger partial charge in [0.2, 0.25) is 5.88 Å². The van der Waals surface area contributed by atoms with E-state index < -0.39 is 5.82 Å². The van der Waals surface area contributed by atoms with Crippen LogP contribution in [0.15, 0.2) is 59.1 Å². The van der Waals surface area contributed by atoms with E-state index in [1.807, 2.05) is 44.2 Å². The minimum atomic E-state index is -0.521. The highest BCUT2D eigenvalue weighted by Crippen LogP contribution is 2.34. The fourth-order valence-corrected chi connectivity index (χ4v) is 3.89. The zero-order valence-electron chi connectivity index (χ0n) is 18.5. The van der Waals surface area contributed by atoms with E-state index >= 15 is 0 Å². The molecule has 3 aromatic rings. The van der Waals surface area contributed by atoms with Crippen molar-refractivity contribution in [2.75, 3.05) is 31.2 Å². The molecule has 1 fully saturated rings. The third-order valence-electron chi connectivity index (χ3n) is 5.93. The largest absolute Gasteiger partial charge is 0.378 e. The van der Waals surface area contributed by atoms with Crippen molar-refractivity contribution in [3.63, 3.8) is 0 Å². The van der Waals surface area contributed by atoms with E-state index in [1.165, 1.54) is 12.1 Å². The van der Waals surface area contributed by atoms with Gasteiger partial charge in [-0.15, -0.1) is 0 Å². The van der Waals surface area contributed by atoms with Gasteiger partial charge < -0.3 is 19.1 Å². The van der Waals surface area contributed by atoms with Gasteiger partial charge in [-0.25, -0.2) is 4.39 Å². The molecule has 168 valence electrons. The molecule has 4 rings (SSSR count). The lowest BCUT2D eigenvalue weighted by atomic mass is 10.0. The molecule has 1 aliphatic heterocycles. The lowest BCUT2D eigenvalue weighted by molar-refractivity contribution is 0.0666. The summed E-state index contributed by atoms with van der Waals surface area (Å²) in [6.45, 7) is 6.82. The summed E-state index contributed by atoms with van der Waals surface area (Å²) in [6, 6.07) is 15.8. The van der Waals surface area contributed by atoms with E-state index in [0.717, 1.165) is 17.5 Å². The Kier molecular flexibility index (Phi) is 6.85. The minimum Gasteiger partial charge on any atom is -0.378 e. The third kappa shape index (κ3) is 4.53. The van der Waals surface area contributed by atoms with E-state index in [1.54, 1.807) is 17.0 Å². The van der Waals surface area contributed by atoms with Crippen LogP contribution < -0.4 is 4.90 Å². The first kappa shape index (κ1) is 22.0. The number of hydrogen-bond donors (Lipinski definition) is 0. The normalized spacial score (nSPS) is 14.9. The summed E-state index contributed by atoms with van der Waals surface area (Å²) in [5.74, 6) is -0.222. The molecule has 1 aromatic heterocycles. The van der Waals surface area contributed by atoms with Crippen molar-refractivity contribution in [3.8, 4) is 11.3 Å². The summed E-state index contributed by atoms with van der Waals surface area (Å²) in [5, 5.41) is 4.38. The maximum atomic E-state index is 14.5. The van der Waals surface area contributed by atoms with Crippen LogP contribution >= 0.6 is 0 Å². The molecule has 0 radical (unpaired) electrons. The van der Waals surface area contributed by atoms with Crippen molar-refractivity contribution in [1.29, 1.82) is 0 Å². The van der Waals surface area contributed by atoms with Gasteiger partial charge in [0.15, 0.2) is 0 Å². The van der Waals surface area contributed by atoms with Gasteiger partial charge in [-0.1, -0.05) is 54.5 Å². The van der Waals surface area contributed by atoms with Crippen LogP contribution in [0.3, 0.4) is 0 Å². The molecule has 2 aromatic carbocycles. The van der Waals surface area contributed by atoms with Crippen molar-refractivity contribution in [2.24, 2.45) is 0 Å². The Labute approximate surface area is 187 Å². The average Bonchev–Trinajstić information content (AvgIpc) is 3.26. The van der Waals surface area contributed by atoms with Gasteiger partial charge in [0.1, 0.15) is 11.5 Å². The zero-order chi connectivity index (χ0) is 22.5. The molecule has 7 heteroatoms. The number of anilines is 1. The second kappa shape index (κ2) is 9.96. The fraction of sp³-hybridized carbons (Fsp3) is 0.360. The molecule has 1 atom stereocenters. The second-order valence-corrected chi connectivity index (χ2v) is 7.95. The molecule has 6 nitrogen and oxygen atoms in total. The first-order valence-electron chi connectivity index (χ1n) is 11.0. The highest BCUT2D eigenvalue weighted by atomic mass is 19.1. The van der Waals surface area contributed by atoms with Gasteiger partial charge in [-0.3, -0.25) is 4.79 Å².